The molecule has 5 nitrogen and oxygen atoms in total. The van der Waals surface area contributed by atoms with Gasteiger partial charge in [0, 0.05) is 6.54 Å². The number of carbonyl (C=O) groups excluding carboxylic acids is 1. The first kappa shape index (κ1) is 16.5. The van der Waals surface area contributed by atoms with Crippen molar-refractivity contribution in [3.05, 3.63) is 28.2 Å². The second-order valence-electron chi connectivity index (χ2n) is 4.33. The molecule has 0 fully saturated rings. The quantitative estimate of drug-likeness (QED) is 0.746. The van der Waals surface area contributed by atoms with Crippen LogP contribution < -0.4 is 10.1 Å². The number of carbonyl (C=O) groups is 2. The lowest BCUT2D eigenvalue weighted by molar-refractivity contribution is -0.127. The normalized spacial score (nSPS) is 11.8. The summed E-state index contributed by atoms with van der Waals surface area (Å²) in [6.45, 7) is 4.21. The molecular weight excluding hydrogens is 326 g/mol. The molecule has 110 valence electrons. The number of nitrogens with one attached hydrogen (secondary N) is 1. The first-order valence-electron chi connectivity index (χ1n) is 6.43. The van der Waals surface area contributed by atoms with Crippen molar-refractivity contribution in [2.45, 2.75) is 32.8 Å². The van der Waals surface area contributed by atoms with Gasteiger partial charge in [0.2, 0.25) is 0 Å². The lowest BCUT2D eigenvalue weighted by atomic mass is 10.2. The lowest BCUT2D eigenvalue weighted by Crippen LogP contribution is -2.37. The number of ether oxygens (including phenoxy) is 1. The molecule has 1 rings (SSSR count). The number of benzene rings is 1. The molecule has 0 aliphatic heterocycles. The van der Waals surface area contributed by atoms with Gasteiger partial charge in [-0.3, -0.25) is 4.79 Å². The van der Waals surface area contributed by atoms with Gasteiger partial charge >= 0.3 is 5.97 Å². The molecule has 0 spiro atoms. The highest BCUT2D eigenvalue weighted by molar-refractivity contribution is 9.10. The van der Waals surface area contributed by atoms with Gasteiger partial charge in [-0.1, -0.05) is 19.4 Å². The number of carboxylic acid groups (broad SMARTS) is 1. The minimum absolute atomic E-state index is 0.0209. The molecule has 1 aromatic rings. The second kappa shape index (κ2) is 7.89. The van der Waals surface area contributed by atoms with Gasteiger partial charge in [0.1, 0.15) is 11.3 Å². The fourth-order valence-electron chi connectivity index (χ4n) is 1.56. The molecule has 1 atom stereocenters. The maximum atomic E-state index is 11.8. The summed E-state index contributed by atoms with van der Waals surface area (Å²) in [5.74, 6) is -1.19. The van der Waals surface area contributed by atoms with Crippen molar-refractivity contribution in [2.24, 2.45) is 0 Å². The summed E-state index contributed by atoms with van der Waals surface area (Å²) in [6, 6.07) is 4.71. The minimum atomic E-state index is -1.10. The molecule has 0 aromatic heterocycles. The van der Waals surface area contributed by atoms with Gasteiger partial charge in [0.05, 0.1) is 4.47 Å². The van der Waals surface area contributed by atoms with Crippen LogP contribution in [0.15, 0.2) is 22.7 Å². The summed E-state index contributed by atoms with van der Waals surface area (Å²) in [7, 11) is 0. The standard InChI is InChI=1S/C14H18BrNO4/c1-3-4-8-16-13(17)9(2)20-12-10(14(18)19)6-5-7-11(12)15/h5-7,9H,3-4,8H2,1-2H3,(H,16,17)(H,18,19). The third kappa shape index (κ3) is 4.52. The number of carboxylic acids is 1. The molecule has 0 radical (unpaired) electrons. The molecule has 0 heterocycles. The van der Waals surface area contributed by atoms with E-state index in [4.69, 9.17) is 9.84 Å². The van der Waals surface area contributed by atoms with Crippen LogP contribution in [0.1, 0.15) is 37.0 Å². The van der Waals surface area contributed by atoms with E-state index in [9.17, 15) is 9.59 Å². The van der Waals surface area contributed by atoms with E-state index in [1.165, 1.54) is 6.07 Å². The molecule has 0 aliphatic carbocycles. The zero-order valence-corrected chi connectivity index (χ0v) is 13.1. The molecule has 20 heavy (non-hydrogen) atoms. The second-order valence-corrected chi connectivity index (χ2v) is 5.18. The predicted molar refractivity (Wildman–Crippen MR) is 79.1 cm³/mol. The summed E-state index contributed by atoms with van der Waals surface area (Å²) in [4.78, 5) is 23.0. The molecule has 0 saturated heterocycles. The fraction of sp³-hybridized carbons (Fsp3) is 0.429. The average molecular weight is 344 g/mol. The van der Waals surface area contributed by atoms with Gasteiger partial charge in [0.15, 0.2) is 6.10 Å². The van der Waals surface area contributed by atoms with Crippen LogP contribution in [-0.2, 0) is 4.79 Å². The van der Waals surface area contributed by atoms with E-state index in [-0.39, 0.29) is 17.2 Å². The molecule has 0 saturated carbocycles. The number of rotatable bonds is 7. The average Bonchev–Trinajstić information content (AvgIpc) is 2.40. The topological polar surface area (TPSA) is 75.6 Å². The van der Waals surface area contributed by atoms with Crippen LogP contribution in [0.4, 0.5) is 0 Å². The van der Waals surface area contributed by atoms with Gasteiger partial charge in [-0.05, 0) is 41.4 Å². The number of hydrogen-bond acceptors (Lipinski definition) is 3. The molecule has 6 heteroatoms. The third-order valence-electron chi connectivity index (χ3n) is 2.69. The van der Waals surface area contributed by atoms with Crippen LogP contribution in [0, 0.1) is 0 Å². The minimum Gasteiger partial charge on any atom is -0.479 e. The Morgan fingerprint density at radius 2 is 2.15 bits per heavy atom. The van der Waals surface area contributed by atoms with Crippen molar-refractivity contribution in [1.82, 2.24) is 5.32 Å². The highest BCUT2D eigenvalue weighted by Gasteiger charge is 2.20. The van der Waals surface area contributed by atoms with E-state index in [0.29, 0.717) is 11.0 Å². The van der Waals surface area contributed by atoms with E-state index in [2.05, 4.69) is 21.2 Å². The Morgan fingerprint density at radius 3 is 2.75 bits per heavy atom. The highest BCUT2D eigenvalue weighted by atomic mass is 79.9. The molecule has 1 unspecified atom stereocenters. The number of aromatic carboxylic acids is 1. The summed E-state index contributed by atoms with van der Waals surface area (Å²) < 4.78 is 6.00. The molecule has 0 bridgehead atoms. The number of hydrogen-bond donors (Lipinski definition) is 2. The van der Waals surface area contributed by atoms with Crippen LogP contribution in [0.25, 0.3) is 0 Å². The first-order valence-corrected chi connectivity index (χ1v) is 7.22. The van der Waals surface area contributed by atoms with Crippen molar-refractivity contribution >= 4 is 27.8 Å². The van der Waals surface area contributed by atoms with Gasteiger partial charge in [0.25, 0.3) is 5.91 Å². The first-order chi connectivity index (χ1) is 9.47. The van der Waals surface area contributed by atoms with Gasteiger partial charge in [-0.15, -0.1) is 0 Å². The van der Waals surface area contributed by atoms with E-state index >= 15 is 0 Å². The summed E-state index contributed by atoms with van der Waals surface area (Å²) in [6.07, 6.45) is 1.13. The van der Waals surface area contributed by atoms with Crippen LogP contribution in [0.3, 0.4) is 0 Å². The van der Waals surface area contributed by atoms with Crippen molar-refractivity contribution in [2.75, 3.05) is 6.54 Å². The van der Waals surface area contributed by atoms with E-state index in [0.717, 1.165) is 12.8 Å². The molecule has 1 aromatic carbocycles. The highest BCUT2D eigenvalue weighted by Crippen LogP contribution is 2.30. The molecular formula is C14H18BrNO4. The van der Waals surface area contributed by atoms with Crippen molar-refractivity contribution in [3.63, 3.8) is 0 Å². The number of unbranched alkanes of at least 4 members (excludes halogenated alkanes) is 1. The van der Waals surface area contributed by atoms with Crippen LogP contribution in [0.5, 0.6) is 5.75 Å². The van der Waals surface area contributed by atoms with Crippen LogP contribution in [-0.4, -0.2) is 29.6 Å². The fourth-order valence-corrected chi connectivity index (χ4v) is 2.02. The Labute approximate surface area is 126 Å². The third-order valence-corrected chi connectivity index (χ3v) is 3.32. The van der Waals surface area contributed by atoms with Crippen molar-refractivity contribution < 1.29 is 19.4 Å². The van der Waals surface area contributed by atoms with Crippen LogP contribution in [0.2, 0.25) is 0 Å². The maximum Gasteiger partial charge on any atom is 0.339 e. The zero-order chi connectivity index (χ0) is 15.1. The van der Waals surface area contributed by atoms with E-state index in [1.54, 1.807) is 19.1 Å². The Bertz CT molecular complexity index is 490. The Hall–Kier alpha value is -1.56. The number of amides is 1. The summed E-state index contributed by atoms with van der Waals surface area (Å²) >= 11 is 3.24. The van der Waals surface area contributed by atoms with Crippen LogP contribution >= 0.6 is 15.9 Å². The monoisotopic (exact) mass is 343 g/mol. The summed E-state index contributed by atoms with van der Waals surface area (Å²) in [5, 5.41) is 11.9. The largest absolute Gasteiger partial charge is 0.479 e. The Morgan fingerprint density at radius 1 is 1.45 bits per heavy atom. The van der Waals surface area contributed by atoms with Crippen molar-refractivity contribution in [3.8, 4) is 5.75 Å². The lowest BCUT2D eigenvalue weighted by Gasteiger charge is -2.17. The molecule has 2 N–H and O–H groups in total. The van der Waals surface area contributed by atoms with Gasteiger partial charge < -0.3 is 15.2 Å². The zero-order valence-electron chi connectivity index (χ0n) is 11.5. The summed E-state index contributed by atoms with van der Waals surface area (Å²) in [5.41, 5.74) is 0.0209. The number of halogens is 1. The Kier molecular flexibility index (Phi) is 6.51. The Balaban J connectivity index is 2.77. The van der Waals surface area contributed by atoms with Gasteiger partial charge in [-0.25, -0.2) is 4.79 Å². The number of para-hydroxylation sites is 1. The van der Waals surface area contributed by atoms with Gasteiger partial charge in [-0.2, -0.15) is 0 Å². The predicted octanol–water partition coefficient (Wildman–Crippen LogP) is 2.83. The van der Waals surface area contributed by atoms with E-state index in [1.807, 2.05) is 6.92 Å². The van der Waals surface area contributed by atoms with Crippen molar-refractivity contribution in [1.29, 1.82) is 0 Å². The smallest absolute Gasteiger partial charge is 0.339 e. The molecule has 0 aliphatic rings. The van der Waals surface area contributed by atoms with E-state index < -0.39 is 12.1 Å². The SMILES string of the molecule is CCCCNC(=O)C(C)Oc1c(Br)cccc1C(=O)O. The maximum absolute atomic E-state index is 11.8. The molecule has 1 amide bonds.